The molecular weight excluding hydrogens is 258 g/mol. The zero-order chi connectivity index (χ0) is 7.28. The van der Waals surface area contributed by atoms with Gasteiger partial charge < -0.3 is 5.73 Å². The second kappa shape index (κ2) is 8.02. The maximum absolute atomic E-state index is 5.76. The quantitative estimate of drug-likeness (QED) is 0.784. The Kier molecular flexibility index (Phi) is 10.8. The van der Waals surface area contributed by atoms with E-state index in [4.69, 9.17) is 5.73 Å². The molecule has 0 rings (SSSR count). The third kappa shape index (κ3) is 5.69. The van der Waals surface area contributed by atoms with Gasteiger partial charge >= 0.3 is 0 Å². The van der Waals surface area contributed by atoms with Crippen LogP contribution in [0.4, 0.5) is 0 Å². The zero-order valence-corrected chi connectivity index (χ0v) is 9.94. The lowest BCUT2D eigenvalue weighted by Gasteiger charge is -2.15. The third-order valence-electron chi connectivity index (χ3n) is 1.65. The van der Waals surface area contributed by atoms with Crippen LogP contribution in [0.1, 0.15) is 26.7 Å². The summed E-state index contributed by atoms with van der Waals surface area (Å²) in [6, 6.07) is 0.338. The molecule has 0 aliphatic heterocycles. The average Bonchev–Trinajstić information content (AvgIpc) is 1.87. The summed E-state index contributed by atoms with van der Waals surface area (Å²) < 4.78 is 0. The monoisotopic (exact) mass is 273 g/mol. The highest BCUT2D eigenvalue weighted by Gasteiger charge is 2.08. The van der Waals surface area contributed by atoms with Gasteiger partial charge in [-0.15, -0.1) is 17.0 Å². The van der Waals surface area contributed by atoms with Crippen LogP contribution < -0.4 is 5.73 Å². The molecular formula is C7H17Br2N. The van der Waals surface area contributed by atoms with E-state index >= 15 is 0 Å². The lowest BCUT2D eigenvalue weighted by molar-refractivity contribution is 0.452. The highest BCUT2D eigenvalue weighted by molar-refractivity contribution is 9.09. The van der Waals surface area contributed by atoms with Crippen LogP contribution in [0.15, 0.2) is 0 Å². The average molecular weight is 275 g/mol. The topological polar surface area (TPSA) is 26.0 Å². The fraction of sp³-hybridized carbons (Fsp3) is 1.00. The highest BCUT2D eigenvalue weighted by atomic mass is 79.9. The molecule has 1 unspecified atom stereocenters. The molecule has 1 nitrogen and oxygen atoms in total. The second-order valence-electron chi connectivity index (χ2n) is 2.58. The molecule has 0 aliphatic carbocycles. The Morgan fingerprint density at radius 1 is 1.50 bits per heavy atom. The predicted octanol–water partition coefficient (Wildman–Crippen LogP) is 2.72. The van der Waals surface area contributed by atoms with E-state index < -0.39 is 0 Å². The first-order valence-electron chi connectivity index (χ1n) is 3.53. The molecule has 2 N–H and O–H groups in total. The molecule has 0 aromatic heterocycles. The van der Waals surface area contributed by atoms with Crippen molar-refractivity contribution in [2.24, 2.45) is 11.7 Å². The molecule has 0 saturated carbocycles. The fourth-order valence-corrected chi connectivity index (χ4v) is 1.46. The number of hydrogen-bond acceptors (Lipinski definition) is 1. The molecule has 0 aromatic rings. The third-order valence-corrected chi connectivity index (χ3v) is 2.40. The summed E-state index contributed by atoms with van der Waals surface area (Å²) in [5, 5.41) is 0.925. The molecule has 64 valence electrons. The number of hydrogen-bond donors (Lipinski definition) is 1. The van der Waals surface area contributed by atoms with E-state index in [1.807, 2.05) is 0 Å². The largest absolute Gasteiger partial charge is 0.327 e. The van der Waals surface area contributed by atoms with Gasteiger partial charge in [-0.3, -0.25) is 0 Å². The zero-order valence-electron chi connectivity index (χ0n) is 6.64. The molecule has 0 fully saturated rings. The summed E-state index contributed by atoms with van der Waals surface area (Å²) >= 11 is 3.36. The van der Waals surface area contributed by atoms with Gasteiger partial charge in [0.15, 0.2) is 0 Å². The van der Waals surface area contributed by atoms with Crippen molar-refractivity contribution < 1.29 is 0 Å². The van der Waals surface area contributed by atoms with Gasteiger partial charge in [-0.05, 0) is 12.3 Å². The minimum Gasteiger partial charge on any atom is -0.327 e. The first kappa shape index (κ1) is 13.5. The van der Waals surface area contributed by atoms with Crippen molar-refractivity contribution in [2.45, 2.75) is 32.7 Å². The van der Waals surface area contributed by atoms with E-state index in [0.717, 1.165) is 5.33 Å². The van der Waals surface area contributed by atoms with Gasteiger partial charge in [-0.1, -0.05) is 36.2 Å². The Hall–Kier alpha value is 0.920. The summed E-state index contributed by atoms with van der Waals surface area (Å²) in [4.78, 5) is 0. The summed E-state index contributed by atoms with van der Waals surface area (Å²) in [5.41, 5.74) is 5.76. The maximum atomic E-state index is 5.76. The molecule has 0 spiro atoms. The van der Waals surface area contributed by atoms with Crippen LogP contribution in [0.5, 0.6) is 0 Å². The fourth-order valence-electron chi connectivity index (χ4n) is 0.821. The van der Waals surface area contributed by atoms with E-state index in [1.54, 1.807) is 0 Å². The number of alkyl halides is 1. The summed E-state index contributed by atoms with van der Waals surface area (Å²) in [7, 11) is 0. The molecule has 0 aromatic carbocycles. The van der Waals surface area contributed by atoms with Crippen LogP contribution >= 0.6 is 32.9 Å². The van der Waals surface area contributed by atoms with Crippen LogP contribution in [-0.4, -0.2) is 11.4 Å². The maximum Gasteiger partial charge on any atom is 0.0186 e. The van der Waals surface area contributed by atoms with Crippen molar-refractivity contribution in [1.82, 2.24) is 0 Å². The SMILES string of the molecule is Br.CCCC(C)[C@H](N)CBr. The van der Waals surface area contributed by atoms with E-state index in [0.29, 0.717) is 12.0 Å². The van der Waals surface area contributed by atoms with E-state index in [2.05, 4.69) is 29.8 Å². The number of rotatable bonds is 4. The molecule has 2 atom stereocenters. The predicted molar refractivity (Wildman–Crippen MR) is 56.2 cm³/mol. The van der Waals surface area contributed by atoms with Gasteiger partial charge in [-0.2, -0.15) is 0 Å². The summed E-state index contributed by atoms with van der Waals surface area (Å²) in [5.74, 6) is 0.661. The minimum atomic E-state index is 0. The Morgan fingerprint density at radius 2 is 2.00 bits per heavy atom. The molecule has 0 heterocycles. The van der Waals surface area contributed by atoms with Gasteiger partial charge in [0.25, 0.3) is 0 Å². The Balaban J connectivity index is 0. The smallest absolute Gasteiger partial charge is 0.0186 e. The standard InChI is InChI=1S/C7H16BrN.BrH/c1-3-4-6(2)7(9)5-8;/h6-7H,3-5,9H2,1-2H3;1H/t6?,7-;/m1./s1. The van der Waals surface area contributed by atoms with Gasteiger partial charge in [-0.25, -0.2) is 0 Å². The van der Waals surface area contributed by atoms with Gasteiger partial charge in [0.05, 0.1) is 0 Å². The van der Waals surface area contributed by atoms with Crippen LogP contribution in [0.2, 0.25) is 0 Å². The minimum absolute atomic E-state index is 0. The van der Waals surface area contributed by atoms with Crippen molar-refractivity contribution >= 4 is 32.9 Å². The van der Waals surface area contributed by atoms with E-state index in [1.165, 1.54) is 12.8 Å². The van der Waals surface area contributed by atoms with Crippen molar-refractivity contribution in [3.63, 3.8) is 0 Å². The second-order valence-corrected chi connectivity index (χ2v) is 3.23. The van der Waals surface area contributed by atoms with E-state index in [9.17, 15) is 0 Å². The van der Waals surface area contributed by atoms with E-state index in [-0.39, 0.29) is 17.0 Å². The first-order valence-corrected chi connectivity index (χ1v) is 4.66. The molecule has 0 radical (unpaired) electrons. The Labute approximate surface area is 82.6 Å². The van der Waals surface area contributed by atoms with Crippen molar-refractivity contribution in [1.29, 1.82) is 0 Å². The highest BCUT2D eigenvalue weighted by Crippen LogP contribution is 2.09. The molecule has 0 bridgehead atoms. The van der Waals surface area contributed by atoms with Crippen molar-refractivity contribution in [3.8, 4) is 0 Å². The molecule has 0 amide bonds. The first-order chi connectivity index (χ1) is 4.22. The normalized spacial score (nSPS) is 15.6. The van der Waals surface area contributed by atoms with Crippen LogP contribution in [0, 0.1) is 5.92 Å². The molecule has 0 aliphatic rings. The summed E-state index contributed by atoms with van der Waals surface area (Å²) in [6.07, 6.45) is 2.48. The number of nitrogens with two attached hydrogens (primary N) is 1. The van der Waals surface area contributed by atoms with Crippen molar-refractivity contribution in [2.75, 3.05) is 5.33 Å². The summed E-state index contributed by atoms with van der Waals surface area (Å²) in [6.45, 7) is 4.40. The van der Waals surface area contributed by atoms with Gasteiger partial charge in [0.1, 0.15) is 0 Å². The number of halogens is 2. The Morgan fingerprint density at radius 3 is 2.30 bits per heavy atom. The molecule has 3 heteroatoms. The molecule has 0 saturated heterocycles. The van der Waals surface area contributed by atoms with Crippen LogP contribution in [0.25, 0.3) is 0 Å². The van der Waals surface area contributed by atoms with Crippen molar-refractivity contribution in [3.05, 3.63) is 0 Å². The van der Waals surface area contributed by atoms with Crippen LogP contribution in [0.3, 0.4) is 0 Å². The van der Waals surface area contributed by atoms with Crippen LogP contribution in [-0.2, 0) is 0 Å². The lowest BCUT2D eigenvalue weighted by Crippen LogP contribution is -2.29. The van der Waals surface area contributed by atoms with Gasteiger partial charge in [0.2, 0.25) is 0 Å². The lowest BCUT2D eigenvalue weighted by atomic mass is 9.99. The molecule has 10 heavy (non-hydrogen) atoms. The Bertz CT molecular complexity index is 68.6. The van der Waals surface area contributed by atoms with Gasteiger partial charge in [0, 0.05) is 11.4 Å².